The Labute approximate surface area is 121 Å². The van der Waals surface area contributed by atoms with E-state index in [0.717, 1.165) is 43.4 Å². The van der Waals surface area contributed by atoms with Crippen molar-refractivity contribution in [3.05, 3.63) is 35.5 Å². The summed E-state index contributed by atoms with van der Waals surface area (Å²) in [6, 6.07) is 5.70. The summed E-state index contributed by atoms with van der Waals surface area (Å²) in [4.78, 5) is 6.54. The lowest BCUT2D eigenvalue weighted by Gasteiger charge is -2.30. The summed E-state index contributed by atoms with van der Waals surface area (Å²) in [6.07, 6.45) is -0.964. The summed E-state index contributed by atoms with van der Waals surface area (Å²) in [6.45, 7) is 3.67. The van der Waals surface area contributed by atoms with Gasteiger partial charge >= 0.3 is 6.18 Å². The van der Waals surface area contributed by atoms with Crippen molar-refractivity contribution in [1.29, 1.82) is 0 Å². The fourth-order valence-corrected chi connectivity index (χ4v) is 2.91. The molecule has 5 heteroatoms. The summed E-state index contributed by atoms with van der Waals surface area (Å²) < 4.78 is 38.8. The fraction of sp³-hybridized carbons (Fsp3) is 0.438. The van der Waals surface area contributed by atoms with Crippen molar-refractivity contribution in [1.82, 2.24) is 4.98 Å². The van der Waals surface area contributed by atoms with Crippen LogP contribution in [-0.2, 0) is 6.18 Å². The molecule has 1 aromatic carbocycles. The van der Waals surface area contributed by atoms with Gasteiger partial charge in [-0.3, -0.25) is 4.98 Å². The van der Waals surface area contributed by atoms with E-state index in [1.54, 1.807) is 0 Å². The first-order valence-electron chi connectivity index (χ1n) is 7.19. The van der Waals surface area contributed by atoms with E-state index in [1.807, 2.05) is 13.0 Å². The highest BCUT2D eigenvalue weighted by molar-refractivity contribution is 5.92. The number of pyridine rings is 1. The second-order valence-electron chi connectivity index (χ2n) is 5.56. The Bertz CT molecular complexity index is 658. The van der Waals surface area contributed by atoms with Crippen LogP contribution in [0.15, 0.2) is 24.3 Å². The van der Waals surface area contributed by atoms with Gasteiger partial charge in [-0.05, 0) is 50.5 Å². The van der Waals surface area contributed by atoms with Crippen LogP contribution >= 0.6 is 0 Å². The third-order valence-corrected chi connectivity index (χ3v) is 3.94. The van der Waals surface area contributed by atoms with Crippen molar-refractivity contribution in [3.63, 3.8) is 0 Å². The Balaban J connectivity index is 2.16. The molecule has 1 aliphatic heterocycles. The second kappa shape index (κ2) is 5.20. The summed E-state index contributed by atoms with van der Waals surface area (Å²) in [5, 5.41) is 0.595. The lowest BCUT2D eigenvalue weighted by Crippen LogP contribution is -2.29. The monoisotopic (exact) mass is 294 g/mol. The van der Waals surface area contributed by atoms with Crippen molar-refractivity contribution < 1.29 is 13.2 Å². The number of benzene rings is 1. The van der Waals surface area contributed by atoms with E-state index in [9.17, 15) is 13.2 Å². The van der Waals surface area contributed by atoms with Crippen molar-refractivity contribution in [2.75, 3.05) is 18.0 Å². The average molecular weight is 294 g/mol. The maximum Gasteiger partial charge on any atom is 0.416 e. The number of hydrogen-bond acceptors (Lipinski definition) is 2. The molecule has 2 aromatic rings. The first-order valence-corrected chi connectivity index (χ1v) is 7.19. The standard InChI is InChI=1S/C16H17F3N2/c1-11-9-15(21-7-3-2-4-8-21)13-10-12(16(17,18)19)5-6-14(13)20-11/h5-6,9-10H,2-4,7-8H2,1H3. The highest BCUT2D eigenvalue weighted by Gasteiger charge is 2.31. The molecule has 0 atom stereocenters. The number of piperidine rings is 1. The normalized spacial score (nSPS) is 16.5. The first kappa shape index (κ1) is 14.2. The Hall–Kier alpha value is -1.78. The number of rotatable bonds is 1. The highest BCUT2D eigenvalue weighted by atomic mass is 19.4. The minimum absolute atomic E-state index is 0.595. The molecule has 0 radical (unpaired) electrons. The minimum atomic E-state index is -4.32. The van der Waals surface area contributed by atoms with E-state index >= 15 is 0 Å². The number of alkyl halides is 3. The molecule has 1 aromatic heterocycles. The van der Waals surface area contributed by atoms with Gasteiger partial charge in [0.25, 0.3) is 0 Å². The molecule has 1 fully saturated rings. The number of fused-ring (bicyclic) bond motifs is 1. The molecular weight excluding hydrogens is 277 g/mol. The molecule has 112 valence electrons. The van der Waals surface area contributed by atoms with Gasteiger partial charge in [0.1, 0.15) is 0 Å². The zero-order valence-electron chi connectivity index (χ0n) is 11.9. The SMILES string of the molecule is Cc1cc(N2CCCCC2)c2cc(C(F)(F)F)ccc2n1. The molecule has 0 N–H and O–H groups in total. The largest absolute Gasteiger partial charge is 0.416 e. The summed E-state index contributed by atoms with van der Waals surface area (Å²) in [5.41, 5.74) is 1.73. The van der Waals surface area contributed by atoms with Crippen LogP contribution in [0.1, 0.15) is 30.5 Å². The number of aryl methyl sites for hydroxylation is 1. The molecule has 0 amide bonds. The maximum absolute atomic E-state index is 12.9. The Morgan fingerprint density at radius 3 is 2.43 bits per heavy atom. The maximum atomic E-state index is 12.9. The topological polar surface area (TPSA) is 16.1 Å². The molecule has 2 nitrogen and oxygen atoms in total. The molecule has 21 heavy (non-hydrogen) atoms. The number of hydrogen-bond donors (Lipinski definition) is 0. The van der Waals surface area contributed by atoms with Crippen molar-refractivity contribution in [2.24, 2.45) is 0 Å². The molecule has 0 bridgehead atoms. The zero-order chi connectivity index (χ0) is 15.0. The molecule has 0 aliphatic carbocycles. The Morgan fingerprint density at radius 2 is 1.76 bits per heavy atom. The third-order valence-electron chi connectivity index (χ3n) is 3.94. The lowest BCUT2D eigenvalue weighted by atomic mass is 10.0. The summed E-state index contributed by atoms with van der Waals surface area (Å²) in [7, 11) is 0. The number of anilines is 1. The van der Waals surface area contributed by atoms with Gasteiger partial charge in [-0.2, -0.15) is 13.2 Å². The number of aromatic nitrogens is 1. The Kier molecular flexibility index (Phi) is 3.51. The molecule has 0 saturated carbocycles. The van der Waals surface area contributed by atoms with Gasteiger partial charge in [-0.15, -0.1) is 0 Å². The lowest BCUT2D eigenvalue weighted by molar-refractivity contribution is -0.137. The number of nitrogens with zero attached hydrogens (tertiary/aromatic N) is 2. The summed E-state index contributed by atoms with van der Waals surface area (Å²) in [5.74, 6) is 0. The van der Waals surface area contributed by atoms with Gasteiger partial charge in [-0.1, -0.05) is 0 Å². The van der Waals surface area contributed by atoms with Crippen LogP contribution < -0.4 is 4.90 Å². The van der Waals surface area contributed by atoms with Crippen LogP contribution in [0, 0.1) is 6.92 Å². The van der Waals surface area contributed by atoms with Crippen LogP contribution in [0.5, 0.6) is 0 Å². The Morgan fingerprint density at radius 1 is 1.05 bits per heavy atom. The second-order valence-corrected chi connectivity index (χ2v) is 5.56. The van der Waals surface area contributed by atoms with Gasteiger partial charge in [0.15, 0.2) is 0 Å². The molecular formula is C16H17F3N2. The smallest absolute Gasteiger partial charge is 0.371 e. The molecule has 0 spiro atoms. The van der Waals surface area contributed by atoms with E-state index in [4.69, 9.17) is 0 Å². The molecule has 1 aliphatic rings. The van der Waals surface area contributed by atoms with E-state index in [1.165, 1.54) is 18.6 Å². The highest BCUT2D eigenvalue weighted by Crippen LogP contribution is 2.35. The van der Waals surface area contributed by atoms with Crippen LogP contribution in [0.4, 0.5) is 18.9 Å². The van der Waals surface area contributed by atoms with Gasteiger partial charge in [-0.25, -0.2) is 0 Å². The average Bonchev–Trinajstić information content (AvgIpc) is 2.46. The molecule has 2 heterocycles. The van der Waals surface area contributed by atoms with Gasteiger partial charge in [0.05, 0.1) is 11.1 Å². The van der Waals surface area contributed by atoms with E-state index in [2.05, 4.69) is 9.88 Å². The van der Waals surface area contributed by atoms with Crippen molar-refractivity contribution >= 4 is 16.6 Å². The van der Waals surface area contributed by atoms with E-state index < -0.39 is 11.7 Å². The van der Waals surface area contributed by atoms with Crippen LogP contribution in [0.2, 0.25) is 0 Å². The molecule has 0 unspecified atom stereocenters. The van der Waals surface area contributed by atoms with Crippen LogP contribution in [0.3, 0.4) is 0 Å². The summed E-state index contributed by atoms with van der Waals surface area (Å²) >= 11 is 0. The van der Waals surface area contributed by atoms with Crippen LogP contribution in [-0.4, -0.2) is 18.1 Å². The quantitative estimate of drug-likeness (QED) is 0.767. The third kappa shape index (κ3) is 2.82. The number of halogens is 3. The first-order chi connectivity index (χ1) is 9.95. The van der Waals surface area contributed by atoms with E-state index in [0.29, 0.717) is 10.9 Å². The predicted octanol–water partition coefficient (Wildman–Crippen LogP) is 4.55. The zero-order valence-corrected chi connectivity index (χ0v) is 11.9. The molecule has 1 saturated heterocycles. The van der Waals surface area contributed by atoms with Gasteiger partial charge in [0.2, 0.25) is 0 Å². The van der Waals surface area contributed by atoms with Crippen molar-refractivity contribution in [2.45, 2.75) is 32.4 Å². The minimum Gasteiger partial charge on any atom is -0.371 e. The molecule has 3 rings (SSSR count). The fourth-order valence-electron chi connectivity index (χ4n) is 2.91. The van der Waals surface area contributed by atoms with Crippen molar-refractivity contribution in [3.8, 4) is 0 Å². The van der Waals surface area contributed by atoms with Crippen LogP contribution in [0.25, 0.3) is 10.9 Å². The van der Waals surface area contributed by atoms with E-state index in [-0.39, 0.29) is 0 Å². The predicted molar refractivity (Wildman–Crippen MR) is 77.5 cm³/mol. The van der Waals surface area contributed by atoms with Gasteiger partial charge in [0, 0.05) is 29.9 Å². The van der Waals surface area contributed by atoms with Gasteiger partial charge < -0.3 is 4.90 Å².